The second-order valence-corrected chi connectivity index (χ2v) is 7.06. The molecule has 1 fully saturated rings. The fourth-order valence-corrected chi connectivity index (χ4v) is 3.52. The average molecular weight is 382 g/mol. The van der Waals surface area contributed by atoms with Crippen molar-refractivity contribution in [2.45, 2.75) is 19.8 Å². The van der Waals surface area contributed by atoms with E-state index in [0.717, 1.165) is 42.8 Å². The zero-order chi connectivity index (χ0) is 20.1. The van der Waals surface area contributed by atoms with Crippen LogP contribution >= 0.6 is 0 Å². The fraction of sp³-hybridized carbons (Fsp3) is 0.364. The van der Waals surface area contributed by atoms with Gasteiger partial charge in [0, 0.05) is 11.3 Å². The molecular weight excluding hydrogens is 356 g/mol. The van der Waals surface area contributed by atoms with Crippen molar-refractivity contribution in [2.24, 2.45) is 5.92 Å². The summed E-state index contributed by atoms with van der Waals surface area (Å²) in [5.74, 6) is 0.770. The maximum absolute atomic E-state index is 12.8. The largest absolute Gasteiger partial charge is 0.496 e. The van der Waals surface area contributed by atoms with Crippen LogP contribution in [0.3, 0.4) is 0 Å². The molecule has 1 unspecified atom stereocenters. The number of hydrogen-bond acceptors (Lipinski definition) is 5. The Hall–Kier alpha value is -2.86. The topological polar surface area (TPSA) is 76.7 Å². The first-order valence-corrected chi connectivity index (χ1v) is 9.39. The predicted octanol–water partition coefficient (Wildman–Crippen LogP) is 3.19. The molecule has 3 rings (SSSR count). The monoisotopic (exact) mass is 382 g/mol. The van der Waals surface area contributed by atoms with Gasteiger partial charge in [0.25, 0.3) is 5.91 Å². The molecule has 28 heavy (non-hydrogen) atoms. The lowest BCUT2D eigenvalue weighted by atomic mass is 9.96. The van der Waals surface area contributed by atoms with E-state index < -0.39 is 5.97 Å². The van der Waals surface area contributed by atoms with Crippen molar-refractivity contribution in [2.75, 3.05) is 32.6 Å². The number of anilines is 1. The van der Waals surface area contributed by atoms with Crippen molar-refractivity contribution in [3.8, 4) is 5.75 Å². The van der Waals surface area contributed by atoms with E-state index in [1.807, 2.05) is 19.1 Å². The van der Waals surface area contributed by atoms with Crippen LogP contribution in [0.15, 0.2) is 36.4 Å². The summed E-state index contributed by atoms with van der Waals surface area (Å²) in [6, 6.07) is 10.6. The van der Waals surface area contributed by atoms with Gasteiger partial charge in [0.05, 0.1) is 19.8 Å². The van der Waals surface area contributed by atoms with Gasteiger partial charge in [0.1, 0.15) is 5.75 Å². The number of hydrogen-bond donors (Lipinski definition) is 2. The van der Waals surface area contributed by atoms with Crippen LogP contribution in [0.2, 0.25) is 0 Å². The summed E-state index contributed by atoms with van der Waals surface area (Å²) >= 11 is 0. The second-order valence-electron chi connectivity index (χ2n) is 7.06. The Labute approximate surface area is 165 Å². The quantitative estimate of drug-likeness (QED) is 0.751. The van der Waals surface area contributed by atoms with E-state index in [-0.39, 0.29) is 5.91 Å². The van der Waals surface area contributed by atoms with Gasteiger partial charge in [-0.05, 0) is 86.3 Å². The van der Waals surface area contributed by atoms with E-state index in [9.17, 15) is 9.59 Å². The minimum absolute atomic E-state index is 0.192. The molecule has 1 saturated heterocycles. The van der Waals surface area contributed by atoms with Crippen LogP contribution in [0, 0.1) is 12.8 Å². The summed E-state index contributed by atoms with van der Waals surface area (Å²) in [6.45, 7) is 3.87. The van der Waals surface area contributed by atoms with Crippen molar-refractivity contribution in [3.63, 3.8) is 0 Å². The van der Waals surface area contributed by atoms with Crippen LogP contribution < -0.4 is 15.4 Å². The molecular formula is C22H26N2O4. The van der Waals surface area contributed by atoms with Crippen LogP contribution in [-0.4, -0.2) is 39.2 Å². The number of nitrogens with one attached hydrogen (secondary N) is 2. The Balaban J connectivity index is 1.77. The van der Waals surface area contributed by atoms with Crippen molar-refractivity contribution >= 4 is 17.6 Å². The Morgan fingerprint density at radius 3 is 2.57 bits per heavy atom. The normalized spacial score (nSPS) is 15.9. The highest BCUT2D eigenvalue weighted by atomic mass is 16.5. The molecule has 0 aliphatic carbocycles. The molecule has 0 saturated carbocycles. The third kappa shape index (κ3) is 4.51. The zero-order valence-electron chi connectivity index (χ0n) is 16.5. The van der Waals surface area contributed by atoms with Crippen LogP contribution in [0.4, 0.5) is 5.69 Å². The number of esters is 1. The number of amides is 1. The van der Waals surface area contributed by atoms with Crippen molar-refractivity contribution in [1.29, 1.82) is 0 Å². The van der Waals surface area contributed by atoms with Crippen molar-refractivity contribution < 1.29 is 19.1 Å². The lowest BCUT2D eigenvalue weighted by molar-refractivity contribution is 0.0600. The number of benzene rings is 2. The first kappa shape index (κ1) is 19.9. The number of carbonyl (C=O) groups excluding carboxylic acids is 2. The van der Waals surface area contributed by atoms with Gasteiger partial charge in [0.15, 0.2) is 0 Å². The molecule has 6 heteroatoms. The maximum Gasteiger partial charge on any atom is 0.337 e. The summed E-state index contributed by atoms with van der Waals surface area (Å²) < 4.78 is 10.2. The highest BCUT2D eigenvalue weighted by molar-refractivity contribution is 6.05. The number of rotatable bonds is 6. The molecule has 2 aromatic carbocycles. The first-order valence-electron chi connectivity index (χ1n) is 9.39. The molecule has 1 amide bonds. The van der Waals surface area contributed by atoms with Crippen molar-refractivity contribution in [3.05, 3.63) is 58.7 Å². The van der Waals surface area contributed by atoms with Gasteiger partial charge in [0.2, 0.25) is 0 Å². The summed E-state index contributed by atoms with van der Waals surface area (Å²) in [7, 11) is 2.99. The van der Waals surface area contributed by atoms with E-state index in [1.165, 1.54) is 7.11 Å². The molecule has 0 bridgehead atoms. The lowest BCUT2D eigenvalue weighted by Crippen LogP contribution is -2.15. The number of carbonyl (C=O) groups is 2. The Kier molecular flexibility index (Phi) is 6.31. The van der Waals surface area contributed by atoms with Crippen LogP contribution in [0.25, 0.3) is 0 Å². The fourth-order valence-electron chi connectivity index (χ4n) is 3.52. The SMILES string of the molecule is COC(=O)c1ccc(NC(=O)c2ccc(OC)c(CC3CCNC3)c2)c(C)c1. The van der Waals surface area contributed by atoms with Crippen LogP contribution in [0.5, 0.6) is 5.75 Å². The average Bonchev–Trinajstić information content (AvgIpc) is 3.21. The third-order valence-electron chi connectivity index (χ3n) is 5.11. The summed E-state index contributed by atoms with van der Waals surface area (Å²) in [5.41, 5.74) is 3.53. The molecule has 0 radical (unpaired) electrons. The van der Waals surface area contributed by atoms with E-state index in [4.69, 9.17) is 9.47 Å². The molecule has 2 aromatic rings. The Morgan fingerprint density at radius 2 is 1.93 bits per heavy atom. The molecule has 1 aliphatic rings. The van der Waals surface area contributed by atoms with E-state index >= 15 is 0 Å². The molecule has 6 nitrogen and oxygen atoms in total. The standard InChI is InChI=1S/C22H26N2O4/c1-14-10-17(22(26)28-3)4-6-19(14)24-21(25)16-5-7-20(27-2)18(12-16)11-15-8-9-23-13-15/h4-7,10,12,15,23H,8-9,11,13H2,1-3H3,(H,24,25). The Morgan fingerprint density at radius 1 is 1.14 bits per heavy atom. The summed E-state index contributed by atoms with van der Waals surface area (Å²) in [5, 5.41) is 6.29. The molecule has 1 heterocycles. The molecule has 0 aromatic heterocycles. The highest BCUT2D eigenvalue weighted by Gasteiger charge is 2.19. The number of ether oxygens (including phenoxy) is 2. The van der Waals surface area contributed by atoms with Crippen LogP contribution in [-0.2, 0) is 11.2 Å². The van der Waals surface area contributed by atoms with Gasteiger partial charge in [-0.15, -0.1) is 0 Å². The first-order chi connectivity index (χ1) is 13.5. The summed E-state index contributed by atoms with van der Waals surface area (Å²) in [4.78, 5) is 24.4. The number of aryl methyl sites for hydroxylation is 1. The lowest BCUT2D eigenvalue weighted by Gasteiger charge is -2.15. The molecule has 1 aliphatic heterocycles. The van der Waals surface area contributed by atoms with E-state index in [2.05, 4.69) is 10.6 Å². The summed E-state index contributed by atoms with van der Waals surface area (Å²) in [6.07, 6.45) is 2.01. The second kappa shape index (κ2) is 8.89. The van der Waals surface area contributed by atoms with Crippen LogP contribution in [0.1, 0.15) is 38.3 Å². The Bertz CT molecular complexity index is 873. The third-order valence-corrected chi connectivity index (χ3v) is 5.11. The predicted molar refractivity (Wildman–Crippen MR) is 108 cm³/mol. The molecule has 1 atom stereocenters. The zero-order valence-corrected chi connectivity index (χ0v) is 16.5. The van der Waals surface area contributed by atoms with Crippen molar-refractivity contribution in [1.82, 2.24) is 5.32 Å². The number of methoxy groups -OCH3 is 2. The van der Waals surface area contributed by atoms with Gasteiger partial charge >= 0.3 is 5.97 Å². The van der Waals surface area contributed by atoms with Gasteiger partial charge in [-0.2, -0.15) is 0 Å². The smallest absolute Gasteiger partial charge is 0.337 e. The molecule has 148 valence electrons. The molecule has 0 spiro atoms. The maximum atomic E-state index is 12.8. The van der Waals surface area contributed by atoms with Gasteiger partial charge < -0.3 is 20.1 Å². The van der Waals surface area contributed by atoms with Gasteiger partial charge in [-0.1, -0.05) is 0 Å². The van der Waals surface area contributed by atoms with Gasteiger partial charge in [-0.25, -0.2) is 4.79 Å². The minimum atomic E-state index is -0.401. The van der Waals surface area contributed by atoms with E-state index in [1.54, 1.807) is 31.4 Å². The van der Waals surface area contributed by atoms with E-state index in [0.29, 0.717) is 22.7 Å². The highest BCUT2D eigenvalue weighted by Crippen LogP contribution is 2.26. The van der Waals surface area contributed by atoms with Gasteiger partial charge in [-0.3, -0.25) is 4.79 Å². The molecule has 2 N–H and O–H groups in total. The minimum Gasteiger partial charge on any atom is -0.496 e.